The van der Waals surface area contributed by atoms with Crippen molar-refractivity contribution < 1.29 is 0 Å². The molecule has 0 atom stereocenters. The molecule has 0 saturated heterocycles. The Balaban J connectivity index is 0.914. The molecule has 0 aliphatic rings. The number of thiophene rings is 2. The molecule has 0 aliphatic heterocycles. The first-order valence-corrected chi connectivity index (χ1v) is 22.4. The molecule has 0 fully saturated rings. The summed E-state index contributed by atoms with van der Waals surface area (Å²) in [6, 6.07) is 82.4. The van der Waals surface area contributed by atoms with Gasteiger partial charge in [0.05, 0.1) is 0 Å². The van der Waals surface area contributed by atoms with E-state index in [0.717, 1.165) is 17.1 Å². The number of benzene rings is 10. The number of hydrogen-bond donors (Lipinski definition) is 0. The number of anilines is 3. The van der Waals surface area contributed by atoms with Crippen LogP contribution in [0.15, 0.2) is 224 Å². The van der Waals surface area contributed by atoms with Gasteiger partial charge in [0.15, 0.2) is 0 Å². The Morgan fingerprint density at radius 2 is 0.738 bits per heavy atom. The Kier molecular flexibility index (Phi) is 8.62. The van der Waals surface area contributed by atoms with Crippen LogP contribution in [-0.4, -0.2) is 0 Å². The molecule has 0 radical (unpaired) electrons. The normalized spacial score (nSPS) is 11.6. The lowest BCUT2D eigenvalue weighted by molar-refractivity contribution is 1.28. The fourth-order valence-corrected chi connectivity index (χ4v) is 11.3. The van der Waals surface area contributed by atoms with Crippen LogP contribution in [-0.2, 0) is 0 Å². The molecular formula is C58H37NS2. The third kappa shape index (κ3) is 6.38. The van der Waals surface area contributed by atoms with E-state index in [1.54, 1.807) is 0 Å². The van der Waals surface area contributed by atoms with Crippen molar-refractivity contribution in [2.45, 2.75) is 0 Å². The van der Waals surface area contributed by atoms with E-state index in [4.69, 9.17) is 0 Å². The molecule has 286 valence electrons. The van der Waals surface area contributed by atoms with Gasteiger partial charge in [-0.05, 0) is 128 Å². The summed E-state index contributed by atoms with van der Waals surface area (Å²) < 4.78 is 5.29. The first kappa shape index (κ1) is 35.6. The summed E-state index contributed by atoms with van der Waals surface area (Å²) in [6.45, 7) is 0. The maximum atomic E-state index is 2.37. The molecule has 0 N–H and O–H groups in total. The van der Waals surface area contributed by atoms with E-state index in [2.05, 4.69) is 229 Å². The lowest BCUT2D eigenvalue weighted by atomic mass is 9.97. The fraction of sp³-hybridized carbons (Fsp3) is 0. The van der Waals surface area contributed by atoms with Gasteiger partial charge in [-0.25, -0.2) is 0 Å². The predicted molar refractivity (Wildman–Crippen MR) is 266 cm³/mol. The van der Waals surface area contributed by atoms with Crippen LogP contribution in [0.1, 0.15) is 0 Å². The summed E-state index contributed by atoms with van der Waals surface area (Å²) in [4.78, 5) is 2.37. The molecule has 12 aromatic rings. The minimum Gasteiger partial charge on any atom is -0.311 e. The molecule has 1 nitrogen and oxygen atoms in total. The van der Waals surface area contributed by atoms with Gasteiger partial charge in [-0.1, -0.05) is 152 Å². The second-order valence-electron chi connectivity index (χ2n) is 15.7. The summed E-state index contributed by atoms with van der Waals surface area (Å²) in [5, 5.41) is 7.81. The lowest BCUT2D eigenvalue weighted by Gasteiger charge is -2.26. The standard InChI is InChI=1S/C58H37NS2/c1-2-10-42-36-45(20-19-38(42)9-1)44-12-7-11-43(35-44)39-21-28-47(29-22-39)59(48-30-23-40(24-31-48)46-27-34-52-51-13-3-5-16-54(51)61-57(52)37-46)49-32-25-41(26-33-49)50-15-8-18-56-58(50)53-14-4-6-17-55(53)60-56/h1-37H. The predicted octanol–water partition coefficient (Wildman–Crippen LogP) is 17.7. The van der Waals surface area contributed by atoms with Crippen molar-refractivity contribution in [3.8, 4) is 44.5 Å². The minimum absolute atomic E-state index is 1.10. The van der Waals surface area contributed by atoms with E-state index < -0.39 is 0 Å². The van der Waals surface area contributed by atoms with Gasteiger partial charge < -0.3 is 4.90 Å². The molecule has 2 heterocycles. The molecule has 0 unspecified atom stereocenters. The first-order valence-electron chi connectivity index (χ1n) is 20.7. The smallest absolute Gasteiger partial charge is 0.0462 e. The third-order valence-corrected chi connectivity index (χ3v) is 14.4. The van der Waals surface area contributed by atoms with E-state index in [-0.39, 0.29) is 0 Å². The highest BCUT2D eigenvalue weighted by molar-refractivity contribution is 7.26. The van der Waals surface area contributed by atoms with Gasteiger partial charge in [-0.3, -0.25) is 0 Å². The van der Waals surface area contributed by atoms with Crippen molar-refractivity contribution in [1.82, 2.24) is 0 Å². The van der Waals surface area contributed by atoms with Gasteiger partial charge in [0.1, 0.15) is 0 Å². The lowest BCUT2D eigenvalue weighted by Crippen LogP contribution is -2.09. The molecule has 2 aromatic heterocycles. The Hall–Kier alpha value is -7.30. The summed E-state index contributed by atoms with van der Waals surface area (Å²) in [5.74, 6) is 0. The summed E-state index contributed by atoms with van der Waals surface area (Å²) in [5.41, 5.74) is 13.1. The first-order chi connectivity index (χ1) is 30.2. The zero-order valence-corrected chi connectivity index (χ0v) is 34.8. The van der Waals surface area contributed by atoms with Crippen LogP contribution in [0.2, 0.25) is 0 Å². The fourth-order valence-electron chi connectivity index (χ4n) is 9.01. The summed E-state index contributed by atoms with van der Waals surface area (Å²) in [6.07, 6.45) is 0. The van der Waals surface area contributed by atoms with Gasteiger partial charge in [-0.2, -0.15) is 0 Å². The quantitative estimate of drug-likeness (QED) is 0.155. The second-order valence-corrected chi connectivity index (χ2v) is 17.9. The Bertz CT molecular complexity index is 3580. The van der Waals surface area contributed by atoms with Crippen LogP contribution in [0.3, 0.4) is 0 Å². The average Bonchev–Trinajstić information content (AvgIpc) is 3.91. The molecule has 0 spiro atoms. The number of fused-ring (bicyclic) bond motifs is 7. The third-order valence-electron chi connectivity index (χ3n) is 12.1. The van der Waals surface area contributed by atoms with Crippen molar-refractivity contribution in [2.75, 3.05) is 4.90 Å². The van der Waals surface area contributed by atoms with Crippen LogP contribution < -0.4 is 4.90 Å². The van der Waals surface area contributed by atoms with Crippen LogP contribution >= 0.6 is 22.7 Å². The van der Waals surface area contributed by atoms with Crippen molar-refractivity contribution in [1.29, 1.82) is 0 Å². The van der Waals surface area contributed by atoms with E-state index in [1.807, 2.05) is 22.7 Å². The van der Waals surface area contributed by atoms with E-state index in [1.165, 1.54) is 95.6 Å². The highest BCUT2D eigenvalue weighted by Gasteiger charge is 2.16. The molecule has 3 heteroatoms. The monoisotopic (exact) mass is 811 g/mol. The molecule has 0 aliphatic carbocycles. The maximum absolute atomic E-state index is 2.37. The molecule has 10 aromatic carbocycles. The van der Waals surface area contributed by atoms with Gasteiger partial charge in [0.25, 0.3) is 0 Å². The molecule has 0 amide bonds. The van der Waals surface area contributed by atoms with E-state index in [0.29, 0.717) is 0 Å². The summed E-state index contributed by atoms with van der Waals surface area (Å²) >= 11 is 3.73. The van der Waals surface area contributed by atoms with Crippen molar-refractivity contribution in [3.05, 3.63) is 224 Å². The van der Waals surface area contributed by atoms with Gasteiger partial charge in [0.2, 0.25) is 0 Å². The van der Waals surface area contributed by atoms with Crippen molar-refractivity contribution >= 4 is 90.9 Å². The second kappa shape index (κ2) is 14.8. The van der Waals surface area contributed by atoms with Crippen molar-refractivity contribution in [2.24, 2.45) is 0 Å². The number of hydrogen-bond acceptors (Lipinski definition) is 3. The highest BCUT2D eigenvalue weighted by atomic mass is 32.1. The minimum atomic E-state index is 1.10. The molecule has 0 bridgehead atoms. The zero-order valence-electron chi connectivity index (χ0n) is 33.1. The van der Waals surface area contributed by atoms with Crippen LogP contribution in [0, 0.1) is 0 Å². The Morgan fingerprint density at radius 1 is 0.262 bits per heavy atom. The van der Waals surface area contributed by atoms with Gasteiger partial charge >= 0.3 is 0 Å². The molecule has 0 saturated carbocycles. The zero-order chi connectivity index (χ0) is 40.3. The molecular weight excluding hydrogens is 775 g/mol. The van der Waals surface area contributed by atoms with Gasteiger partial charge in [0, 0.05) is 57.4 Å². The maximum Gasteiger partial charge on any atom is 0.0462 e. The Labute approximate surface area is 362 Å². The average molecular weight is 812 g/mol. The van der Waals surface area contributed by atoms with E-state index >= 15 is 0 Å². The van der Waals surface area contributed by atoms with Gasteiger partial charge in [-0.15, -0.1) is 22.7 Å². The van der Waals surface area contributed by atoms with Crippen molar-refractivity contribution in [3.63, 3.8) is 0 Å². The Morgan fingerprint density at radius 3 is 1.46 bits per heavy atom. The summed E-state index contributed by atoms with van der Waals surface area (Å²) in [7, 11) is 0. The van der Waals surface area contributed by atoms with E-state index in [9.17, 15) is 0 Å². The number of rotatable bonds is 7. The molecule has 12 rings (SSSR count). The van der Waals surface area contributed by atoms with Crippen LogP contribution in [0.5, 0.6) is 0 Å². The largest absolute Gasteiger partial charge is 0.311 e. The SMILES string of the molecule is c1cc(-c2ccc(N(c3ccc(-c4ccc5c(c4)sc4ccccc45)cc3)c3ccc(-c4cccc5sc6ccccc6c45)cc3)cc2)cc(-c2ccc3ccccc3c2)c1. The number of nitrogens with zero attached hydrogens (tertiary/aromatic N) is 1. The van der Waals surface area contributed by atoms with Crippen LogP contribution in [0.4, 0.5) is 17.1 Å². The highest BCUT2D eigenvalue weighted by Crippen LogP contribution is 2.43. The topological polar surface area (TPSA) is 3.24 Å². The van der Waals surface area contributed by atoms with Crippen LogP contribution in [0.25, 0.3) is 95.6 Å². The molecule has 61 heavy (non-hydrogen) atoms.